The number of nitrogens with one attached hydrogen (secondary N) is 1. The first-order valence-electron chi connectivity index (χ1n) is 11.1. The Morgan fingerprint density at radius 1 is 0.971 bits per heavy atom. The van der Waals surface area contributed by atoms with Crippen molar-refractivity contribution < 1.29 is 14.3 Å². The molecule has 0 aliphatic heterocycles. The number of aromatic nitrogens is 1. The van der Waals surface area contributed by atoms with Gasteiger partial charge < -0.3 is 10.1 Å². The molecular formula is C28H21ClN2O3S. The molecule has 0 atom stereocenters. The van der Waals surface area contributed by atoms with E-state index in [1.807, 2.05) is 36.4 Å². The fourth-order valence-corrected chi connectivity index (χ4v) is 5.59. The fourth-order valence-electron chi connectivity index (χ4n) is 4.30. The van der Waals surface area contributed by atoms with E-state index in [0.29, 0.717) is 15.6 Å². The SMILES string of the molecule is O=Cc1cccnc1Sc1c(Cl)cccc1CNC(=O)OCC1c2ccccc2-c2ccccc21. The zero-order chi connectivity index (χ0) is 24.2. The van der Waals surface area contributed by atoms with Gasteiger partial charge in [0.1, 0.15) is 11.6 Å². The van der Waals surface area contributed by atoms with Crippen LogP contribution in [-0.2, 0) is 11.3 Å². The molecule has 1 amide bonds. The Balaban J connectivity index is 1.26. The van der Waals surface area contributed by atoms with E-state index in [0.717, 1.165) is 27.9 Å². The molecule has 174 valence electrons. The lowest BCUT2D eigenvalue weighted by Crippen LogP contribution is -2.26. The standard InChI is InChI=1S/C28H21ClN2O3S/c29-25-13-5-7-18(26(25)35-27-19(16-32)8-6-14-30-27)15-31-28(33)34-17-24-22-11-3-1-9-20(22)21-10-2-4-12-23(21)24/h1-14,16,24H,15,17H2,(H,31,33). The zero-order valence-electron chi connectivity index (χ0n) is 18.6. The van der Waals surface area contributed by atoms with Crippen LogP contribution in [0.3, 0.4) is 0 Å². The van der Waals surface area contributed by atoms with E-state index >= 15 is 0 Å². The topological polar surface area (TPSA) is 68.3 Å². The maximum absolute atomic E-state index is 12.6. The molecule has 1 aliphatic carbocycles. The van der Waals surface area contributed by atoms with E-state index in [2.05, 4.69) is 34.6 Å². The Kier molecular flexibility index (Phi) is 6.84. The number of carbonyl (C=O) groups excluding carboxylic acids is 2. The van der Waals surface area contributed by atoms with Gasteiger partial charge in [-0.3, -0.25) is 4.79 Å². The maximum Gasteiger partial charge on any atom is 0.407 e. The quantitative estimate of drug-likeness (QED) is 0.285. The highest BCUT2D eigenvalue weighted by Gasteiger charge is 2.29. The maximum atomic E-state index is 12.6. The highest BCUT2D eigenvalue weighted by molar-refractivity contribution is 7.99. The number of nitrogens with zero attached hydrogens (tertiary/aromatic N) is 1. The van der Waals surface area contributed by atoms with E-state index in [4.69, 9.17) is 16.3 Å². The lowest BCUT2D eigenvalue weighted by atomic mass is 9.98. The lowest BCUT2D eigenvalue weighted by molar-refractivity contribution is 0.112. The second-order valence-corrected chi connectivity index (χ2v) is 9.43. The molecule has 1 aliphatic rings. The molecule has 3 aromatic carbocycles. The minimum Gasteiger partial charge on any atom is -0.449 e. The number of carbonyl (C=O) groups is 2. The molecule has 0 saturated carbocycles. The average Bonchev–Trinajstić information content (AvgIpc) is 3.21. The molecule has 0 spiro atoms. The van der Waals surface area contributed by atoms with Gasteiger partial charge in [0.15, 0.2) is 6.29 Å². The minimum atomic E-state index is -0.505. The van der Waals surface area contributed by atoms with Crippen molar-refractivity contribution in [2.75, 3.05) is 6.61 Å². The molecule has 1 heterocycles. The zero-order valence-corrected chi connectivity index (χ0v) is 20.2. The number of pyridine rings is 1. The number of hydrogen-bond donors (Lipinski definition) is 1. The van der Waals surface area contributed by atoms with E-state index < -0.39 is 6.09 Å². The van der Waals surface area contributed by atoms with Crippen molar-refractivity contribution >= 4 is 35.7 Å². The van der Waals surface area contributed by atoms with E-state index in [1.54, 1.807) is 24.4 Å². The smallest absolute Gasteiger partial charge is 0.407 e. The number of amides is 1. The lowest BCUT2D eigenvalue weighted by Gasteiger charge is -2.15. The Morgan fingerprint density at radius 2 is 1.69 bits per heavy atom. The van der Waals surface area contributed by atoms with Gasteiger partial charge in [-0.05, 0) is 46.0 Å². The summed E-state index contributed by atoms with van der Waals surface area (Å²) in [7, 11) is 0. The van der Waals surface area contributed by atoms with E-state index in [9.17, 15) is 9.59 Å². The first-order valence-corrected chi connectivity index (χ1v) is 12.3. The molecule has 5 rings (SSSR count). The number of halogens is 1. The fraction of sp³-hybridized carbons (Fsp3) is 0.107. The van der Waals surface area contributed by atoms with Crippen LogP contribution in [-0.4, -0.2) is 24.0 Å². The van der Waals surface area contributed by atoms with Crippen LogP contribution in [0, 0.1) is 0 Å². The number of rotatable bonds is 7. The van der Waals surface area contributed by atoms with Gasteiger partial charge in [-0.25, -0.2) is 9.78 Å². The van der Waals surface area contributed by atoms with Crippen molar-refractivity contribution in [3.05, 3.63) is 112 Å². The predicted molar refractivity (Wildman–Crippen MR) is 137 cm³/mol. The minimum absolute atomic E-state index is 0.00338. The summed E-state index contributed by atoms with van der Waals surface area (Å²) < 4.78 is 5.64. The normalized spacial score (nSPS) is 12.0. The van der Waals surface area contributed by atoms with E-state index in [-0.39, 0.29) is 19.1 Å². The largest absolute Gasteiger partial charge is 0.449 e. The van der Waals surface area contributed by atoms with Crippen molar-refractivity contribution in [2.45, 2.75) is 22.4 Å². The van der Waals surface area contributed by atoms with E-state index in [1.165, 1.54) is 22.9 Å². The highest BCUT2D eigenvalue weighted by atomic mass is 35.5. The summed E-state index contributed by atoms with van der Waals surface area (Å²) >= 11 is 7.75. The van der Waals surface area contributed by atoms with Crippen LogP contribution in [0.1, 0.15) is 33.0 Å². The second-order valence-electron chi connectivity index (χ2n) is 8.02. The van der Waals surface area contributed by atoms with Crippen molar-refractivity contribution in [2.24, 2.45) is 0 Å². The molecule has 1 aromatic heterocycles. The van der Waals surface area contributed by atoms with Crippen LogP contribution in [0.5, 0.6) is 0 Å². The summed E-state index contributed by atoms with van der Waals surface area (Å²) in [6, 6.07) is 25.3. The molecule has 0 fully saturated rings. The predicted octanol–water partition coefficient (Wildman–Crippen LogP) is 6.74. The molecule has 5 nitrogen and oxygen atoms in total. The number of alkyl carbamates (subject to hydrolysis) is 1. The Morgan fingerprint density at radius 3 is 2.40 bits per heavy atom. The number of aldehydes is 1. The molecule has 4 aromatic rings. The molecule has 0 radical (unpaired) electrons. The number of ether oxygens (including phenoxy) is 1. The number of fused-ring (bicyclic) bond motifs is 3. The number of benzene rings is 3. The van der Waals surface area contributed by atoms with Crippen LogP contribution in [0.4, 0.5) is 4.79 Å². The molecule has 0 bridgehead atoms. The van der Waals surface area contributed by atoms with Crippen LogP contribution in [0.15, 0.2) is 95.0 Å². The number of hydrogen-bond acceptors (Lipinski definition) is 5. The summed E-state index contributed by atoms with van der Waals surface area (Å²) in [5, 5.41) is 3.90. The molecule has 35 heavy (non-hydrogen) atoms. The summed E-state index contributed by atoms with van der Waals surface area (Å²) in [6.45, 7) is 0.469. The summed E-state index contributed by atoms with van der Waals surface area (Å²) in [4.78, 5) is 29.0. The Bertz CT molecular complexity index is 1360. The van der Waals surface area contributed by atoms with Crippen LogP contribution < -0.4 is 5.32 Å². The molecule has 0 unspecified atom stereocenters. The van der Waals surface area contributed by atoms with Gasteiger partial charge in [-0.15, -0.1) is 0 Å². The van der Waals surface area contributed by atoms with Crippen LogP contribution in [0.25, 0.3) is 11.1 Å². The third-order valence-electron chi connectivity index (χ3n) is 5.94. The van der Waals surface area contributed by atoms with Crippen molar-refractivity contribution in [1.29, 1.82) is 0 Å². The first kappa shape index (κ1) is 23.1. The summed E-state index contributed by atoms with van der Waals surface area (Å²) in [5.74, 6) is -0.00338. The molecule has 1 N–H and O–H groups in total. The highest BCUT2D eigenvalue weighted by Crippen LogP contribution is 2.44. The monoisotopic (exact) mass is 500 g/mol. The Hall–Kier alpha value is -3.61. The van der Waals surface area contributed by atoms with Gasteiger partial charge >= 0.3 is 6.09 Å². The average molecular weight is 501 g/mol. The van der Waals surface area contributed by atoms with Crippen molar-refractivity contribution in [3.8, 4) is 11.1 Å². The molecular weight excluding hydrogens is 480 g/mol. The van der Waals surface area contributed by atoms with Gasteiger partial charge in [0.25, 0.3) is 0 Å². The second kappa shape index (κ2) is 10.3. The van der Waals surface area contributed by atoms with Gasteiger partial charge in [-0.1, -0.05) is 84.0 Å². The van der Waals surface area contributed by atoms with Crippen molar-refractivity contribution in [1.82, 2.24) is 10.3 Å². The van der Waals surface area contributed by atoms with Crippen LogP contribution >= 0.6 is 23.4 Å². The van der Waals surface area contributed by atoms with Gasteiger partial charge in [-0.2, -0.15) is 0 Å². The summed E-state index contributed by atoms with van der Waals surface area (Å²) in [5.41, 5.74) is 5.97. The third kappa shape index (κ3) is 4.81. The van der Waals surface area contributed by atoms with Gasteiger partial charge in [0, 0.05) is 29.1 Å². The Labute approximate surface area is 212 Å². The van der Waals surface area contributed by atoms with Gasteiger partial charge in [0.05, 0.1) is 5.02 Å². The third-order valence-corrected chi connectivity index (χ3v) is 7.59. The molecule has 7 heteroatoms. The first-order chi connectivity index (χ1) is 17.2. The van der Waals surface area contributed by atoms with Gasteiger partial charge in [0.2, 0.25) is 0 Å². The van der Waals surface area contributed by atoms with Crippen molar-refractivity contribution in [3.63, 3.8) is 0 Å². The molecule has 0 saturated heterocycles. The van der Waals surface area contributed by atoms with Crippen LogP contribution in [0.2, 0.25) is 5.02 Å². The summed E-state index contributed by atoms with van der Waals surface area (Å²) in [6.07, 6.45) is 1.89.